The van der Waals surface area contributed by atoms with Crippen molar-refractivity contribution in [3.63, 3.8) is 0 Å². The molecule has 1 nitrogen and oxygen atoms in total. The molecule has 3 heteroatoms. The predicted molar refractivity (Wildman–Crippen MR) is 67.8 cm³/mol. The van der Waals surface area contributed by atoms with Gasteiger partial charge in [-0.15, -0.1) is 0 Å². The van der Waals surface area contributed by atoms with Gasteiger partial charge in [-0.1, -0.05) is 30.3 Å². The smallest absolute Gasteiger partial charge is 0.187 e. The van der Waals surface area contributed by atoms with Gasteiger partial charge in [0, 0.05) is 16.8 Å². The van der Waals surface area contributed by atoms with E-state index in [1.165, 1.54) is 24.8 Å². The zero-order valence-electron chi connectivity index (χ0n) is 8.12. The fourth-order valence-electron chi connectivity index (χ4n) is 1.95. The first kappa shape index (κ1) is 12.0. The van der Waals surface area contributed by atoms with Gasteiger partial charge in [-0.3, -0.25) is 0 Å². The summed E-state index contributed by atoms with van der Waals surface area (Å²) in [5.41, 5.74) is 1.38. The Morgan fingerprint density at radius 2 is 1.86 bits per heavy atom. The van der Waals surface area contributed by atoms with Crippen molar-refractivity contribution >= 4 is 27.6 Å². The maximum atomic E-state index is 5.91. The molecule has 1 fully saturated rings. The molecule has 1 aromatic carbocycles. The molecule has 1 aliphatic heterocycles. The van der Waals surface area contributed by atoms with Crippen molar-refractivity contribution in [3.8, 4) is 0 Å². The lowest BCUT2D eigenvalue weighted by Gasteiger charge is -2.34. The quantitative estimate of drug-likeness (QED) is 0.618. The van der Waals surface area contributed by atoms with Crippen LogP contribution in [0.4, 0.5) is 0 Å². The molecule has 0 bridgehead atoms. The molecule has 0 amide bonds. The summed E-state index contributed by atoms with van der Waals surface area (Å²) in [5.74, 6) is 0. The molecule has 14 heavy (non-hydrogen) atoms. The lowest BCUT2D eigenvalue weighted by atomic mass is 10.0. The van der Waals surface area contributed by atoms with Crippen molar-refractivity contribution in [2.75, 3.05) is 6.61 Å². The Hall–Kier alpha value is -0.0706. The van der Waals surface area contributed by atoms with Gasteiger partial charge >= 0.3 is 0 Å². The fraction of sp³-hybridized carbons (Fsp3) is 0.455. The van der Waals surface area contributed by atoms with Gasteiger partial charge in [0.05, 0.1) is 5.22 Å². The van der Waals surface area contributed by atoms with Gasteiger partial charge in [-0.2, -0.15) is 0 Å². The summed E-state index contributed by atoms with van der Waals surface area (Å²) in [6, 6.07) is 10.7. The molecule has 1 aliphatic rings. The van der Waals surface area contributed by atoms with Crippen LogP contribution in [0.3, 0.4) is 0 Å². The maximum absolute atomic E-state index is 5.91. The molecule has 0 saturated carbocycles. The minimum atomic E-state index is 0. The SMILES string of the molecule is [AlH3].[SiH3]C1(c2ccccc2)CCCCO1. The van der Waals surface area contributed by atoms with Crippen LogP contribution in [0.1, 0.15) is 24.8 Å². The Labute approximate surface area is 99.4 Å². The Bertz CT molecular complexity index is 270. The van der Waals surface area contributed by atoms with Gasteiger partial charge in [0.2, 0.25) is 0 Å². The third kappa shape index (κ3) is 2.49. The van der Waals surface area contributed by atoms with E-state index in [0.717, 1.165) is 16.8 Å². The second kappa shape index (κ2) is 5.13. The standard InChI is InChI=1S/C11H16OSi.Al.3H/c13-11(8-4-5-9-12-11)10-6-2-1-3-7-10;;;;/h1-3,6-7H,4-5,8-9H2,13H3;;;;. The average Bonchev–Trinajstić information content (AvgIpc) is 2.20. The van der Waals surface area contributed by atoms with Crippen LogP contribution in [0, 0.1) is 0 Å². The molecule has 0 aromatic heterocycles. The van der Waals surface area contributed by atoms with Gasteiger partial charge in [0.1, 0.15) is 0 Å². The van der Waals surface area contributed by atoms with Crippen LogP contribution in [0.2, 0.25) is 0 Å². The van der Waals surface area contributed by atoms with Crippen molar-refractivity contribution in [2.45, 2.75) is 24.5 Å². The molecule has 1 saturated heterocycles. The van der Waals surface area contributed by atoms with E-state index in [9.17, 15) is 0 Å². The van der Waals surface area contributed by atoms with Gasteiger partial charge in [0.15, 0.2) is 17.4 Å². The third-order valence-corrected chi connectivity index (χ3v) is 4.22. The number of ether oxygens (including phenoxy) is 1. The number of benzene rings is 1. The van der Waals surface area contributed by atoms with Gasteiger partial charge in [-0.05, 0) is 24.8 Å². The van der Waals surface area contributed by atoms with E-state index in [4.69, 9.17) is 4.74 Å². The molecule has 0 aliphatic carbocycles. The van der Waals surface area contributed by atoms with Crippen LogP contribution in [-0.2, 0) is 9.96 Å². The molecule has 1 aromatic rings. The molecule has 0 spiro atoms. The first-order valence-corrected chi connectivity index (χ1v) is 6.01. The van der Waals surface area contributed by atoms with Crippen LogP contribution in [0.5, 0.6) is 0 Å². The molecule has 1 heterocycles. The molecule has 0 N–H and O–H groups in total. The van der Waals surface area contributed by atoms with Gasteiger partial charge in [0.25, 0.3) is 0 Å². The van der Waals surface area contributed by atoms with Gasteiger partial charge < -0.3 is 4.74 Å². The van der Waals surface area contributed by atoms with Crippen molar-refractivity contribution in [2.24, 2.45) is 0 Å². The molecular formula is C11H19AlOSi. The number of hydrogen-bond acceptors (Lipinski definition) is 1. The van der Waals surface area contributed by atoms with Crippen molar-refractivity contribution in [1.82, 2.24) is 0 Å². The summed E-state index contributed by atoms with van der Waals surface area (Å²) < 4.78 is 5.91. The van der Waals surface area contributed by atoms with Crippen molar-refractivity contribution in [1.29, 1.82) is 0 Å². The minimum absolute atomic E-state index is 0. The van der Waals surface area contributed by atoms with Crippen LogP contribution in [0.15, 0.2) is 30.3 Å². The number of hydrogen-bond donors (Lipinski definition) is 0. The Balaban J connectivity index is 0.000000980. The molecule has 1 atom stereocenters. The van der Waals surface area contributed by atoms with Gasteiger partial charge in [-0.25, -0.2) is 0 Å². The zero-order valence-corrected chi connectivity index (χ0v) is 10.1. The van der Waals surface area contributed by atoms with E-state index in [-0.39, 0.29) is 22.6 Å². The largest absolute Gasteiger partial charge is 0.375 e. The van der Waals surface area contributed by atoms with Crippen LogP contribution >= 0.6 is 0 Å². The summed E-state index contributed by atoms with van der Waals surface area (Å²) in [7, 11) is 1.10. The summed E-state index contributed by atoms with van der Waals surface area (Å²) in [6.07, 6.45) is 3.76. The second-order valence-electron chi connectivity index (χ2n) is 3.90. The highest BCUT2D eigenvalue weighted by atomic mass is 28.1. The predicted octanol–water partition coefficient (Wildman–Crippen LogP) is 0.221. The van der Waals surface area contributed by atoms with E-state index < -0.39 is 0 Å². The van der Waals surface area contributed by atoms with E-state index in [0.29, 0.717) is 0 Å². The van der Waals surface area contributed by atoms with Crippen LogP contribution in [0.25, 0.3) is 0 Å². The molecular weight excluding hydrogens is 203 g/mol. The van der Waals surface area contributed by atoms with E-state index in [2.05, 4.69) is 30.3 Å². The normalized spacial score (nSPS) is 26.9. The topological polar surface area (TPSA) is 9.23 Å². The molecule has 76 valence electrons. The molecule has 1 unspecified atom stereocenters. The van der Waals surface area contributed by atoms with Crippen LogP contribution < -0.4 is 0 Å². The third-order valence-electron chi connectivity index (χ3n) is 2.85. The Morgan fingerprint density at radius 1 is 1.14 bits per heavy atom. The monoisotopic (exact) mass is 222 g/mol. The lowest BCUT2D eigenvalue weighted by Crippen LogP contribution is -2.33. The first-order chi connectivity index (χ1) is 6.31. The maximum Gasteiger partial charge on any atom is 0.187 e. The molecule has 2 rings (SSSR count). The average molecular weight is 222 g/mol. The fourth-order valence-corrected chi connectivity index (χ4v) is 2.84. The number of rotatable bonds is 1. The minimum Gasteiger partial charge on any atom is -0.375 e. The summed E-state index contributed by atoms with van der Waals surface area (Å²) in [5, 5.41) is 0.111. The van der Waals surface area contributed by atoms with E-state index in [1.54, 1.807) is 0 Å². The van der Waals surface area contributed by atoms with Crippen LogP contribution in [-0.4, -0.2) is 34.2 Å². The highest BCUT2D eigenvalue weighted by molar-refractivity contribution is 6.14. The van der Waals surface area contributed by atoms with E-state index in [1.807, 2.05) is 0 Å². The van der Waals surface area contributed by atoms with Crippen molar-refractivity contribution in [3.05, 3.63) is 35.9 Å². The van der Waals surface area contributed by atoms with Crippen molar-refractivity contribution < 1.29 is 4.74 Å². The summed E-state index contributed by atoms with van der Waals surface area (Å²) in [6.45, 7) is 0.943. The first-order valence-electron chi connectivity index (χ1n) is 5.01. The summed E-state index contributed by atoms with van der Waals surface area (Å²) in [4.78, 5) is 0. The Morgan fingerprint density at radius 3 is 2.43 bits per heavy atom. The summed E-state index contributed by atoms with van der Waals surface area (Å²) >= 11 is 0. The highest BCUT2D eigenvalue weighted by Crippen LogP contribution is 2.31. The second-order valence-corrected chi connectivity index (χ2v) is 5.52. The van der Waals surface area contributed by atoms with E-state index >= 15 is 0 Å². The highest BCUT2D eigenvalue weighted by Gasteiger charge is 2.28. The zero-order chi connectivity index (χ0) is 9.15. The molecule has 0 radical (unpaired) electrons. The lowest BCUT2D eigenvalue weighted by molar-refractivity contribution is -0.0210. The Kier molecular flexibility index (Phi) is 4.40.